The van der Waals surface area contributed by atoms with Crippen molar-refractivity contribution in [3.8, 4) is 0 Å². The molecule has 0 aliphatic rings. The number of hydrogen-bond donors (Lipinski definition) is 0. The molecule has 6 heteroatoms. The average molecular weight is 355 g/mol. The van der Waals surface area contributed by atoms with Crippen LogP contribution in [0.4, 0.5) is 5.69 Å². The number of benzene rings is 1. The van der Waals surface area contributed by atoms with Crippen LogP contribution in [-0.4, -0.2) is 22.0 Å². The van der Waals surface area contributed by atoms with E-state index in [0.29, 0.717) is 11.9 Å². The molecule has 0 bridgehead atoms. The van der Waals surface area contributed by atoms with Gasteiger partial charge in [0.15, 0.2) is 0 Å². The normalized spacial score (nSPS) is 11.0. The topological polar surface area (TPSA) is 55.2 Å². The zero-order valence-electron chi connectivity index (χ0n) is 14.9. The Hall–Kier alpha value is -2.47. The van der Waals surface area contributed by atoms with E-state index in [0.717, 1.165) is 26.5 Å². The number of likely N-dealkylation sites (N-methyl/N-ethyl adjacent to an activating group) is 1. The van der Waals surface area contributed by atoms with Gasteiger partial charge >= 0.3 is 0 Å². The first kappa shape index (κ1) is 17.4. The molecule has 1 amide bonds. The molecule has 2 heterocycles. The van der Waals surface area contributed by atoms with Crippen LogP contribution in [-0.2, 0) is 11.3 Å². The van der Waals surface area contributed by atoms with Crippen LogP contribution in [0.2, 0.25) is 0 Å². The molecule has 0 radical (unpaired) electrons. The van der Waals surface area contributed by atoms with E-state index in [2.05, 4.69) is 4.98 Å². The minimum atomic E-state index is -0.152. The molecule has 25 heavy (non-hydrogen) atoms. The second kappa shape index (κ2) is 6.80. The zero-order chi connectivity index (χ0) is 18.1. The van der Waals surface area contributed by atoms with Gasteiger partial charge in [-0.1, -0.05) is 18.2 Å². The molecule has 0 aliphatic carbocycles. The largest absolute Gasteiger partial charge is 0.311 e. The van der Waals surface area contributed by atoms with Gasteiger partial charge in [0.2, 0.25) is 5.91 Å². The molecule has 0 N–H and O–H groups in total. The maximum atomic E-state index is 12.8. The third kappa shape index (κ3) is 3.09. The number of thiophene rings is 1. The third-order valence-electron chi connectivity index (χ3n) is 4.48. The summed E-state index contributed by atoms with van der Waals surface area (Å²) in [4.78, 5) is 33.5. The molecule has 1 aromatic carbocycles. The number of amides is 1. The number of carbonyl (C=O) groups excluding carboxylic acids is 1. The monoisotopic (exact) mass is 355 g/mol. The van der Waals surface area contributed by atoms with Crippen LogP contribution >= 0.6 is 11.3 Å². The molecule has 0 aliphatic heterocycles. The number of rotatable bonds is 4. The predicted octanol–water partition coefficient (Wildman–Crippen LogP) is 3.44. The summed E-state index contributed by atoms with van der Waals surface area (Å²) in [6.07, 6.45) is 1.48. The fourth-order valence-corrected chi connectivity index (χ4v) is 3.95. The second-order valence-electron chi connectivity index (χ2n) is 6.07. The summed E-state index contributed by atoms with van der Waals surface area (Å²) < 4.78 is 1.41. The van der Waals surface area contributed by atoms with E-state index in [1.54, 1.807) is 4.90 Å². The Morgan fingerprint density at radius 1 is 1.24 bits per heavy atom. The number of hydrogen-bond acceptors (Lipinski definition) is 4. The van der Waals surface area contributed by atoms with Gasteiger partial charge in [0, 0.05) is 17.1 Å². The number of para-hydroxylation sites is 1. The lowest BCUT2D eigenvalue weighted by molar-refractivity contribution is -0.119. The number of aromatic nitrogens is 2. The lowest BCUT2D eigenvalue weighted by atomic mass is 10.2. The fourth-order valence-electron chi connectivity index (χ4n) is 2.96. The number of nitrogens with zero attached hydrogens (tertiary/aromatic N) is 3. The molecule has 0 unspecified atom stereocenters. The van der Waals surface area contributed by atoms with E-state index in [1.807, 2.05) is 52.0 Å². The highest BCUT2D eigenvalue weighted by molar-refractivity contribution is 7.18. The fraction of sp³-hybridized carbons (Fsp3) is 0.316. The summed E-state index contributed by atoms with van der Waals surface area (Å²) >= 11 is 1.51. The Bertz CT molecular complexity index is 1000. The van der Waals surface area contributed by atoms with Crippen LogP contribution in [0.1, 0.15) is 22.9 Å². The Kier molecular flexibility index (Phi) is 4.72. The number of fused-ring (bicyclic) bond motifs is 1. The minimum Gasteiger partial charge on any atom is -0.311 e. The zero-order valence-corrected chi connectivity index (χ0v) is 15.7. The van der Waals surface area contributed by atoms with Crippen molar-refractivity contribution in [1.82, 2.24) is 9.55 Å². The van der Waals surface area contributed by atoms with Crippen LogP contribution in [0.25, 0.3) is 10.2 Å². The number of anilines is 1. The molecule has 0 saturated carbocycles. The molecule has 0 saturated heterocycles. The van der Waals surface area contributed by atoms with Crippen LogP contribution in [0.5, 0.6) is 0 Å². The quantitative estimate of drug-likeness (QED) is 0.720. The van der Waals surface area contributed by atoms with Crippen molar-refractivity contribution in [2.24, 2.45) is 0 Å². The smallest absolute Gasteiger partial charge is 0.262 e. The van der Waals surface area contributed by atoms with E-state index in [4.69, 9.17) is 0 Å². The lowest BCUT2D eigenvalue weighted by Crippen LogP contribution is -2.37. The first-order valence-corrected chi connectivity index (χ1v) is 9.06. The van der Waals surface area contributed by atoms with Gasteiger partial charge in [-0.05, 0) is 44.9 Å². The molecule has 3 rings (SSSR count). The maximum Gasteiger partial charge on any atom is 0.262 e. The van der Waals surface area contributed by atoms with Gasteiger partial charge in [-0.15, -0.1) is 11.3 Å². The Labute approximate surface area is 150 Å². The van der Waals surface area contributed by atoms with Gasteiger partial charge < -0.3 is 4.90 Å². The van der Waals surface area contributed by atoms with Crippen LogP contribution in [0.15, 0.2) is 35.4 Å². The molecular formula is C19H21N3O2S. The van der Waals surface area contributed by atoms with E-state index in [-0.39, 0.29) is 18.0 Å². The molecule has 2 aromatic heterocycles. The summed E-state index contributed by atoms with van der Waals surface area (Å²) in [5.41, 5.74) is 2.70. The molecule has 5 nitrogen and oxygen atoms in total. The van der Waals surface area contributed by atoms with E-state index >= 15 is 0 Å². The first-order chi connectivity index (χ1) is 11.9. The summed E-state index contributed by atoms with van der Waals surface area (Å²) in [6.45, 7) is 8.34. The minimum absolute atomic E-state index is 0.0156. The van der Waals surface area contributed by atoms with Crippen molar-refractivity contribution >= 4 is 33.1 Å². The van der Waals surface area contributed by atoms with Gasteiger partial charge in [-0.2, -0.15) is 0 Å². The molecule has 0 fully saturated rings. The van der Waals surface area contributed by atoms with Crippen LogP contribution < -0.4 is 10.5 Å². The van der Waals surface area contributed by atoms with Crippen molar-refractivity contribution in [2.75, 3.05) is 11.4 Å². The predicted molar refractivity (Wildman–Crippen MR) is 103 cm³/mol. The third-order valence-corrected chi connectivity index (χ3v) is 5.60. The van der Waals surface area contributed by atoms with Crippen LogP contribution in [0, 0.1) is 20.8 Å². The van der Waals surface area contributed by atoms with E-state index < -0.39 is 0 Å². The Balaban J connectivity index is 1.96. The van der Waals surface area contributed by atoms with Crippen molar-refractivity contribution in [3.63, 3.8) is 0 Å². The summed E-state index contributed by atoms with van der Waals surface area (Å²) in [6, 6.07) is 7.76. The lowest BCUT2D eigenvalue weighted by Gasteiger charge is -2.23. The van der Waals surface area contributed by atoms with E-state index in [1.165, 1.54) is 22.2 Å². The molecule has 3 aromatic rings. The van der Waals surface area contributed by atoms with Gasteiger partial charge in [0.25, 0.3) is 5.56 Å². The standard InChI is InChI=1S/C19H21N3O2S/c1-5-22(15-9-7-6-8-12(15)2)16(23)10-21-11-20-18-17(19(21)24)13(3)14(4)25-18/h6-9,11H,5,10H2,1-4H3. The van der Waals surface area contributed by atoms with Gasteiger partial charge in [-0.3, -0.25) is 14.2 Å². The first-order valence-electron chi connectivity index (χ1n) is 8.25. The summed E-state index contributed by atoms with van der Waals surface area (Å²) in [5, 5.41) is 0.622. The van der Waals surface area contributed by atoms with Crippen molar-refractivity contribution in [3.05, 3.63) is 57.0 Å². The Morgan fingerprint density at radius 3 is 2.64 bits per heavy atom. The van der Waals surface area contributed by atoms with Gasteiger partial charge in [-0.25, -0.2) is 4.98 Å². The second-order valence-corrected chi connectivity index (χ2v) is 7.27. The highest BCUT2D eigenvalue weighted by Crippen LogP contribution is 2.25. The average Bonchev–Trinajstić information content (AvgIpc) is 2.88. The molecule has 0 spiro atoms. The maximum absolute atomic E-state index is 12.8. The SMILES string of the molecule is CCN(C(=O)Cn1cnc2sc(C)c(C)c2c1=O)c1ccccc1C. The highest BCUT2D eigenvalue weighted by Gasteiger charge is 2.18. The van der Waals surface area contributed by atoms with Gasteiger partial charge in [0.1, 0.15) is 11.4 Å². The summed E-state index contributed by atoms with van der Waals surface area (Å²) in [7, 11) is 0. The van der Waals surface area contributed by atoms with Crippen molar-refractivity contribution in [1.29, 1.82) is 0 Å². The molecule has 130 valence electrons. The van der Waals surface area contributed by atoms with Crippen LogP contribution in [0.3, 0.4) is 0 Å². The van der Waals surface area contributed by atoms with Crippen molar-refractivity contribution in [2.45, 2.75) is 34.2 Å². The highest BCUT2D eigenvalue weighted by atomic mass is 32.1. The Morgan fingerprint density at radius 2 is 1.96 bits per heavy atom. The van der Waals surface area contributed by atoms with E-state index in [9.17, 15) is 9.59 Å². The summed E-state index contributed by atoms with van der Waals surface area (Å²) in [5.74, 6) is -0.121. The molecule has 0 atom stereocenters. The number of aryl methyl sites for hydroxylation is 3. The molecular weight excluding hydrogens is 334 g/mol. The van der Waals surface area contributed by atoms with Gasteiger partial charge in [0.05, 0.1) is 11.7 Å². The van der Waals surface area contributed by atoms with Crippen molar-refractivity contribution < 1.29 is 4.79 Å². The number of carbonyl (C=O) groups is 1.